The molecule has 0 radical (unpaired) electrons. The summed E-state index contributed by atoms with van der Waals surface area (Å²) < 4.78 is 3.76. The second-order valence-electron chi connectivity index (χ2n) is 10.8. The third-order valence-electron chi connectivity index (χ3n) is 5.98. The molecule has 1 saturated heterocycles. The zero-order chi connectivity index (χ0) is 23.4. The maximum atomic E-state index is 4.90. The zero-order valence-electron chi connectivity index (χ0n) is 20.3. The van der Waals surface area contributed by atoms with Crippen LogP contribution in [-0.4, -0.2) is 65.8 Å². The van der Waals surface area contributed by atoms with E-state index in [4.69, 9.17) is 10.2 Å². The topological polar surface area (TPSA) is 92.6 Å². The van der Waals surface area contributed by atoms with Crippen LogP contribution in [0.5, 0.6) is 0 Å². The van der Waals surface area contributed by atoms with Crippen LogP contribution in [0.15, 0.2) is 24.3 Å². The van der Waals surface area contributed by atoms with Crippen LogP contribution in [0, 0.1) is 0 Å². The fourth-order valence-electron chi connectivity index (χ4n) is 4.21. The molecule has 0 spiro atoms. The number of hydrogen-bond acceptors (Lipinski definition) is 8. The largest absolute Gasteiger partial charge is 0.353 e. The molecule has 5 heterocycles. The van der Waals surface area contributed by atoms with E-state index >= 15 is 0 Å². The Kier molecular flexibility index (Phi) is 4.98. The summed E-state index contributed by atoms with van der Waals surface area (Å²) in [7, 11) is 0. The van der Waals surface area contributed by atoms with Crippen molar-refractivity contribution in [3.63, 3.8) is 0 Å². The van der Waals surface area contributed by atoms with Gasteiger partial charge in [0.25, 0.3) is 0 Å². The second kappa shape index (κ2) is 7.64. The summed E-state index contributed by atoms with van der Waals surface area (Å²) in [5.74, 6) is 3.65. The molecule has 0 aromatic carbocycles. The summed E-state index contributed by atoms with van der Waals surface area (Å²) in [6, 6.07) is 8.10. The lowest BCUT2D eigenvalue weighted by Crippen LogP contribution is -2.32. The van der Waals surface area contributed by atoms with Crippen LogP contribution in [0.2, 0.25) is 0 Å². The van der Waals surface area contributed by atoms with E-state index in [1.807, 2.05) is 33.3 Å². The molecule has 4 aromatic heterocycles. The maximum Gasteiger partial charge on any atom is 0.178 e. The number of nitrogens with zero attached hydrogens (tertiary/aromatic N) is 10. The molecule has 1 aliphatic heterocycles. The lowest BCUT2D eigenvalue weighted by atomic mass is 9.96. The number of hydrogen-bond donors (Lipinski definition) is 0. The number of anilines is 2. The summed E-state index contributed by atoms with van der Waals surface area (Å²) in [5.41, 5.74) is 1.31. The first-order chi connectivity index (χ1) is 15.6. The maximum absolute atomic E-state index is 4.90. The van der Waals surface area contributed by atoms with Crippen molar-refractivity contribution in [2.75, 3.05) is 36.0 Å². The van der Waals surface area contributed by atoms with Gasteiger partial charge in [0.15, 0.2) is 22.9 Å². The van der Waals surface area contributed by atoms with Gasteiger partial charge in [0.2, 0.25) is 0 Å². The molecule has 0 unspecified atom stereocenters. The van der Waals surface area contributed by atoms with Crippen molar-refractivity contribution >= 4 is 22.9 Å². The van der Waals surface area contributed by atoms with Crippen LogP contribution in [0.1, 0.15) is 59.6 Å². The van der Waals surface area contributed by atoms with Gasteiger partial charge < -0.3 is 9.80 Å². The van der Waals surface area contributed by atoms with Gasteiger partial charge in [-0.05, 0) is 30.7 Å². The van der Waals surface area contributed by atoms with Gasteiger partial charge in [-0.1, -0.05) is 41.5 Å². The highest BCUT2D eigenvalue weighted by molar-refractivity contribution is 5.49. The number of fused-ring (bicyclic) bond motifs is 2. The third-order valence-corrected chi connectivity index (χ3v) is 5.98. The Morgan fingerprint density at radius 1 is 0.576 bits per heavy atom. The van der Waals surface area contributed by atoms with E-state index in [0.717, 1.165) is 67.2 Å². The van der Waals surface area contributed by atoms with Crippen molar-refractivity contribution in [3.05, 3.63) is 35.9 Å². The smallest absolute Gasteiger partial charge is 0.178 e. The van der Waals surface area contributed by atoms with E-state index in [0.29, 0.717) is 0 Å². The van der Waals surface area contributed by atoms with Crippen molar-refractivity contribution in [1.82, 2.24) is 39.6 Å². The first-order valence-corrected chi connectivity index (χ1v) is 11.6. The van der Waals surface area contributed by atoms with Crippen LogP contribution in [0.3, 0.4) is 0 Å². The van der Waals surface area contributed by atoms with Crippen LogP contribution in [0.25, 0.3) is 11.3 Å². The Morgan fingerprint density at radius 2 is 1.00 bits per heavy atom. The fraction of sp³-hybridized carbons (Fsp3) is 0.565. The third kappa shape index (κ3) is 3.98. The van der Waals surface area contributed by atoms with Crippen molar-refractivity contribution in [2.24, 2.45) is 0 Å². The molecule has 0 amide bonds. The van der Waals surface area contributed by atoms with Crippen molar-refractivity contribution in [1.29, 1.82) is 0 Å². The average molecular weight is 449 g/mol. The van der Waals surface area contributed by atoms with Crippen LogP contribution >= 0.6 is 0 Å². The summed E-state index contributed by atoms with van der Waals surface area (Å²) in [6.45, 7) is 16.4. The highest BCUT2D eigenvalue weighted by atomic mass is 15.4. The monoisotopic (exact) mass is 448 g/mol. The number of aromatic nitrogens is 8. The minimum absolute atomic E-state index is 0.126. The second-order valence-corrected chi connectivity index (χ2v) is 10.8. The highest BCUT2D eigenvalue weighted by Crippen LogP contribution is 2.24. The lowest BCUT2D eigenvalue weighted by molar-refractivity contribution is 0.526. The van der Waals surface area contributed by atoms with Gasteiger partial charge in [-0.3, -0.25) is 0 Å². The molecular formula is C23H32N10. The predicted octanol–water partition coefficient (Wildman–Crippen LogP) is 2.87. The zero-order valence-corrected chi connectivity index (χ0v) is 20.3. The summed E-state index contributed by atoms with van der Waals surface area (Å²) >= 11 is 0. The van der Waals surface area contributed by atoms with Crippen molar-refractivity contribution in [3.8, 4) is 0 Å². The summed E-state index contributed by atoms with van der Waals surface area (Å²) in [4.78, 5) is 4.67. The summed E-state index contributed by atoms with van der Waals surface area (Å²) in [5, 5.41) is 27.1. The summed E-state index contributed by atoms with van der Waals surface area (Å²) in [6.07, 6.45) is 1.02. The molecule has 5 rings (SSSR count). The molecule has 174 valence electrons. The molecule has 0 bridgehead atoms. The molecular weight excluding hydrogens is 416 g/mol. The van der Waals surface area contributed by atoms with Gasteiger partial charge in [-0.25, -0.2) is 0 Å². The molecule has 1 fully saturated rings. The standard InChI is InChI=1S/C23H32N10/c1-22(2,3)20-26-24-16-8-10-18(28-32(16)20)30-12-7-13-31(15-14-30)19-11-9-17-25-27-21(23(4,5)6)33(17)29-19/h8-11H,7,12-15H2,1-6H3. The normalized spacial score (nSPS) is 16.1. The van der Waals surface area contributed by atoms with E-state index < -0.39 is 0 Å². The van der Waals surface area contributed by atoms with E-state index in [1.165, 1.54) is 0 Å². The molecule has 33 heavy (non-hydrogen) atoms. The van der Waals surface area contributed by atoms with Gasteiger partial charge in [-0.2, -0.15) is 9.03 Å². The molecule has 0 N–H and O–H groups in total. The minimum Gasteiger partial charge on any atom is -0.353 e. The van der Waals surface area contributed by atoms with Gasteiger partial charge in [-0.15, -0.1) is 30.6 Å². The Labute approximate surface area is 193 Å². The molecule has 10 nitrogen and oxygen atoms in total. The van der Waals surface area contributed by atoms with E-state index in [9.17, 15) is 0 Å². The fourth-order valence-corrected chi connectivity index (χ4v) is 4.21. The van der Waals surface area contributed by atoms with Crippen molar-refractivity contribution < 1.29 is 0 Å². The lowest BCUT2D eigenvalue weighted by Gasteiger charge is -2.24. The SMILES string of the molecule is CC(C)(C)c1nnc2ccc(N3CCCN(c4ccc5nnc(C(C)(C)C)n5n4)CC3)nn12. The highest BCUT2D eigenvalue weighted by Gasteiger charge is 2.25. The Hall–Kier alpha value is -3.30. The van der Waals surface area contributed by atoms with Gasteiger partial charge in [0.1, 0.15) is 11.6 Å². The quantitative estimate of drug-likeness (QED) is 0.462. The molecule has 10 heteroatoms. The molecule has 0 aliphatic carbocycles. The molecule has 0 saturated carbocycles. The predicted molar refractivity (Wildman–Crippen MR) is 128 cm³/mol. The Balaban J connectivity index is 1.39. The minimum atomic E-state index is -0.126. The average Bonchev–Trinajstić information content (AvgIpc) is 3.29. The van der Waals surface area contributed by atoms with Gasteiger partial charge >= 0.3 is 0 Å². The first-order valence-electron chi connectivity index (χ1n) is 11.6. The Bertz CT molecular complexity index is 1190. The van der Waals surface area contributed by atoms with E-state index in [-0.39, 0.29) is 10.8 Å². The molecule has 1 aliphatic rings. The Morgan fingerprint density at radius 3 is 1.39 bits per heavy atom. The van der Waals surface area contributed by atoms with Crippen LogP contribution in [-0.2, 0) is 10.8 Å². The van der Waals surface area contributed by atoms with Crippen molar-refractivity contribution in [2.45, 2.75) is 58.8 Å². The van der Waals surface area contributed by atoms with E-state index in [1.54, 1.807) is 0 Å². The molecule has 0 atom stereocenters. The first kappa shape index (κ1) is 21.5. The van der Waals surface area contributed by atoms with Crippen LogP contribution in [0.4, 0.5) is 11.6 Å². The molecule has 4 aromatic rings. The van der Waals surface area contributed by atoms with Crippen LogP contribution < -0.4 is 9.80 Å². The van der Waals surface area contributed by atoms with Gasteiger partial charge in [0, 0.05) is 37.0 Å². The number of rotatable bonds is 2. The van der Waals surface area contributed by atoms with Gasteiger partial charge in [0.05, 0.1) is 0 Å². The van der Waals surface area contributed by atoms with E-state index in [2.05, 4.69) is 71.7 Å².